The van der Waals surface area contributed by atoms with Crippen LogP contribution in [-0.4, -0.2) is 28.1 Å². The van der Waals surface area contributed by atoms with E-state index in [0.717, 1.165) is 25.0 Å². The molecule has 0 bridgehead atoms. The van der Waals surface area contributed by atoms with E-state index in [0.29, 0.717) is 22.5 Å². The van der Waals surface area contributed by atoms with E-state index in [1.165, 1.54) is 16.9 Å². The van der Waals surface area contributed by atoms with Crippen LogP contribution in [0.1, 0.15) is 56.1 Å². The Labute approximate surface area is 175 Å². The van der Waals surface area contributed by atoms with Gasteiger partial charge in [0, 0.05) is 23.9 Å². The van der Waals surface area contributed by atoms with Gasteiger partial charge in [0.1, 0.15) is 6.10 Å². The van der Waals surface area contributed by atoms with Gasteiger partial charge in [0.2, 0.25) is 11.8 Å². The van der Waals surface area contributed by atoms with Crippen molar-refractivity contribution in [3.8, 4) is 11.8 Å². The molecule has 1 aliphatic carbocycles. The van der Waals surface area contributed by atoms with Gasteiger partial charge in [-0.3, -0.25) is 10.1 Å². The van der Waals surface area contributed by atoms with E-state index in [9.17, 15) is 4.79 Å². The molecule has 29 heavy (non-hydrogen) atoms. The number of pyridine rings is 1. The Kier molecular flexibility index (Phi) is 7.04. The van der Waals surface area contributed by atoms with E-state index in [4.69, 9.17) is 9.47 Å². The van der Waals surface area contributed by atoms with Gasteiger partial charge < -0.3 is 9.47 Å². The minimum absolute atomic E-state index is 0.0629. The van der Waals surface area contributed by atoms with Crippen molar-refractivity contribution >= 4 is 22.4 Å². The van der Waals surface area contributed by atoms with Gasteiger partial charge in [-0.2, -0.15) is 4.98 Å². The molecule has 1 aliphatic rings. The highest BCUT2D eigenvalue weighted by Gasteiger charge is 2.16. The average Bonchev–Trinajstić information content (AvgIpc) is 3.06. The molecule has 1 atom stereocenters. The lowest BCUT2D eigenvalue weighted by Crippen LogP contribution is -2.17. The molecule has 0 fully saturated rings. The average molecular weight is 414 g/mol. The van der Waals surface area contributed by atoms with Crippen LogP contribution in [0.5, 0.6) is 11.8 Å². The lowest BCUT2D eigenvalue weighted by Gasteiger charge is -2.18. The number of amides is 1. The van der Waals surface area contributed by atoms with Gasteiger partial charge in [-0.15, -0.1) is 11.3 Å². The smallest absolute Gasteiger partial charge is 0.257 e. The van der Waals surface area contributed by atoms with E-state index < -0.39 is 0 Å². The Hall–Kier alpha value is -2.67. The van der Waals surface area contributed by atoms with Crippen molar-refractivity contribution in [2.45, 2.75) is 59.2 Å². The lowest BCUT2D eigenvalue weighted by molar-refractivity contribution is 0.102. The van der Waals surface area contributed by atoms with Crippen LogP contribution in [-0.2, 0) is 0 Å². The highest BCUT2D eigenvalue weighted by molar-refractivity contribution is 7.13. The monoisotopic (exact) mass is 413 g/mol. The van der Waals surface area contributed by atoms with Crippen molar-refractivity contribution in [2.75, 3.05) is 5.32 Å². The molecule has 0 aliphatic heterocycles. The molecule has 2 aromatic rings. The summed E-state index contributed by atoms with van der Waals surface area (Å²) >= 11 is 1.39. The Bertz CT molecular complexity index is 918. The molecule has 6 nitrogen and oxygen atoms in total. The molecule has 2 aromatic heterocycles. The summed E-state index contributed by atoms with van der Waals surface area (Å²) < 4.78 is 11.8. The number of nitrogens with one attached hydrogen (secondary N) is 1. The zero-order valence-electron chi connectivity index (χ0n) is 17.3. The summed E-state index contributed by atoms with van der Waals surface area (Å²) in [5.41, 5.74) is 2.64. The number of hydrogen-bond acceptors (Lipinski definition) is 6. The summed E-state index contributed by atoms with van der Waals surface area (Å²) in [7, 11) is 0. The summed E-state index contributed by atoms with van der Waals surface area (Å²) in [5, 5.41) is 5.27. The SMILES string of the molecule is Cc1csc(NC(=O)c2cc(OC(C)C)nc(O[C@H](C)CC3=CC=CCC3)c2)n1. The molecule has 0 spiro atoms. The van der Waals surface area contributed by atoms with E-state index >= 15 is 0 Å². The number of hydrogen-bond donors (Lipinski definition) is 1. The number of carbonyl (C=O) groups is 1. The second-order valence-corrected chi connectivity index (χ2v) is 8.23. The van der Waals surface area contributed by atoms with Gasteiger partial charge in [-0.25, -0.2) is 4.98 Å². The third kappa shape index (κ3) is 6.42. The maximum Gasteiger partial charge on any atom is 0.257 e. The Morgan fingerprint density at radius 2 is 1.97 bits per heavy atom. The maximum atomic E-state index is 12.7. The first kappa shape index (κ1) is 21.0. The minimum Gasteiger partial charge on any atom is -0.475 e. The van der Waals surface area contributed by atoms with Gasteiger partial charge in [-0.1, -0.05) is 23.8 Å². The van der Waals surface area contributed by atoms with Crippen LogP contribution in [0.25, 0.3) is 0 Å². The van der Waals surface area contributed by atoms with Crippen LogP contribution in [0.15, 0.2) is 41.3 Å². The van der Waals surface area contributed by atoms with Crippen molar-refractivity contribution in [3.63, 3.8) is 0 Å². The van der Waals surface area contributed by atoms with Crippen LogP contribution in [0.4, 0.5) is 5.13 Å². The quantitative estimate of drug-likeness (QED) is 0.634. The predicted molar refractivity (Wildman–Crippen MR) is 116 cm³/mol. The van der Waals surface area contributed by atoms with Crippen molar-refractivity contribution in [1.82, 2.24) is 9.97 Å². The summed E-state index contributed by atoms with van der Waals surface area (Å²) in [6.07, 6.45) is 9.20. The van der Waals surface area contributed by atoms with Gasteiger partial charge >= 0.3 is 0 Å². The summed E-state index contributed by atoms with van der Waals surface area (Å²) in [6, 6.07) is 3.27. The third-order valence-electron chi connectivity index (χ3n) is 4.21. The highest BCUT2D eigenvalue weighted by Crippen LogP contribution is 2.24. The largest absolute Gasteiger partial charge is 0.475 e. The second-order valence-electron chi connectivity index (χ2n) is 7.37. The van der Waals surface area contributed by atoms with Crippen molar-refractivity contribution in [3.05, 3.63) is 52.6 Å². The summed E-state index contributed by atoms with van der Waals surface area (Å²) in [5.74, 6) is 0.473. The van der Waals surface area contributed by atoms with Crippen molar-refractivity contribution in [2.24, 2.45) is 0 Å². The molecule has 0 unspecified atom stereocenters. The fourth-order valence-electron chi connectivity index (χ4n) is 2.99. The molecule has 0 saturated carbocycles. The number of anilines is 1. The first-order valence-corrected chi connectivity index (χ1v) is 10.7. The van der Waals surface area contributed by atoms with Gasteiger partial charge in [0.05, 0.1) is 17.4 Å². The van der Waals surface area contributed by atoms with E-state index in [1.807, 2.05) is 33.1 Å². The summed E-state index contributed by atoms with van der Waals surface area (Å²) in [6.45, 7) is 7.73. The number of thiazole rings is 1. The van der Waals surface area contributed by atoms with Crippen LogP contribution < -0.4 is 14.8 Å². The number of carbonyl (C=O) groups excluding carboxylic acids is 1. The molecule has 2 heterocycles. The molecule has 3 rings (SSSR count). The van der Waals surface area contributed by atoms with Crippen molar-refractivity contribution < 1.29 is 14.3 Å². The molecule has 154 valence electrons. The van der Waals surface area contributed by atoms with Gasteiger partial charge in [-0.05, 0) is 40.5 Å². The van der Waals surface area contributed by atoms with E-state index in [1.54, 1.807) is 12.1 Å². The molecule has 1 amide bonds. The summed E-state index contributed by atoms with van der Waals surface area (Å²) in [4.78, 5) is 21.4. The van der Waals surface area contributed by atoms with Gasteiger partial charge in [0.25, 0.3) is 5.91 Å². The maximum absolute atomic E-state index is 12.7. The fraction of sp³-hybridized carbons (Fsp3) is 0.409. The molecule has 0 radical (unpaired) electrons. The topological polar surface area (TPSA) is 73.3 Å². The van der Waals surface area contributed by atoms with E-state index in [2.05, 4.69) is 33.5 Å². The molecule has 7 heteroatoms. The molecule has 1 N–H and O–H groups in total. The lowest BCUT2D eigenvalue weighted by atomic mass is 10.00. The molecular weight excluding hydrogens is 386 g/mol. The highest BCUT2D eigenvalue weighted by atomic mass is 32.1. The first-order valence-electron chi connectivity index (χ1n) is 9.82. The first-order chi connectivity index (χ1) is 13.9. The van der Waals surface area contributed by atoms with Crippen LogP contribution >= 0.6 is 11.3 Å². The Morgan fingerprint density at radius 3 is 2.59 bits per heavy atom. The zero-order valence-corrected chi connectivity index (χ0v) is 18.1. The number of allylic oxidation sites excluding steroid dienone is 3. The number of ether oxygens (including phenoxy) is 2. The normalized spacial score (nSPS) is 14.4. The molecule has 0 saturated heterocycles. The van der Waals surface area contributed by atoms with Crippen LogP contribution in [0, 0.1) is 6.92 Å². The number of nitrogens with zero attached hydrogens (tertiary/aromatic N) is 2. The predicted octanol–water partition coefficient (Wildman–Crippen LogP) is 5.32. The molecular formula is C22H27N3O3S. The molecule has 0 aromatic carbocycles. The minimum atomic E-state index is -0.270. The van der Waals surface area contributed by atoms with Crippen LogP contribution in [0.2, 0.25) is 0 Å². The van der Waals surface area contributed by atoms with Crippen molar-refractivity contribution in [1.29, 1.82) is 0 Å². The van der Waals surface area contributed by atoms with Gasteiger partial charge in [0.15, 0.2) is 5.13 Å². The number of aromatic nitrogens is 2. The number of rotatable bonds is 8. The van der Waals surface area contributed by atoms with E-state index in [-0.39, 0.29) is 18.1 Å². The Morgan fingerprint density at radius 1 is 1.21 bits per heavy atom. The number of aryl methyl sites for hydroxylation is 1. The second kappa shape index (κ2) is 9.69. The third-order valence-corrected chi connectivity index (χ3v) is 5.08. The zero-order chi connectivity index (χ0) is 20.8. The van der Waals surface area contributed by atoms with Crippen LogP contribution in [0.3, 0.4) is 0 Å². The fourth-order valence-corrected chi connectivity index (χ4v) is 3.68. The standard InChI is InChI=1S/C22H27N3O3S/c1-14(2)27-19-11-18(21(26)25-22-23-15(3)13-29-22)12-20(24-19)28-16(4)10-17-8-6-5-7-9-17/h5-6,8,11-14,16H,7,9-10H2,1-4H3,(H,23,25,26)/t16-/m1/s1. The Balaban J connectivity index is 1.76.